The van der Waals surface area contributed by atoms with Crippen molar-refractivity contribution in [2.24, 2.45) is 5.92 Å². The van der Waals surface area contributed by atoms with E-state index in [4.69, 9.17) is 4.74 Å². The first-order valence-electron chi connectivity index (χ1n) is 8.60. The van der Waals surface area contributed by atoms with Crippen LogP contribution >= 0.6 is 0 Å². The van der Waals surface area contributed by atoms with Gasteiger partial charge in [0.2, 0.25) is 5.91 Å². The SMILES string of the molecule is CCCCOc1cc(CC(C)(NC(C)=O)C(C)C)c(C=O)nc1C. The zero-order chi connectivity index (χ0) is 18.3. The third-order valence-corrected chi connectivity index (χ3v) is 4.44. The normalized spacial score (nSPS) is 13.5. The maximum absolute atomic E-state index is 11.6. The summed E-state index contributed by atoms with van der Waals surface area (Å²) < 4.78 is 5.81. The number of aryl methyl sites for hydroxylation is 1. The maximum Gasteiger partial charge on any atom is 0.217 e. The summed E-state index contributed by atoms with van der Waals surface area (Å²) in [6.07, 6.45) is 3.32. The third-order valence-electron chi connectivity index (χ3n) is 4.44. The molecule has 1 rings (SSSR count). The topological polar surface area (TPSA) is 68.3 Å². The van der Waals surface area contributed by atoms with Crippen LogP contribution in [-0.4, -0.2) is 29.3 Å². The lowest BCUT2D eigenvalue weighted by Crippen LogP contribution is -2.51. The Morgan fingerprint density at radius 1 is 1.46 bits per heavy atom. The van der Waals surface area contributed by atoms with E-state index in [1.807, 2.05) is 19.9 Å². The van der Waals surface area contributed by atoms with Gasteiger partial charge in [-0.25, -0.2) is 4.98 Å². The number of ether oxygens (including phenoxy) is 1. The van der Waals surface area contributed by atoms with Crippen LogP contribution in [0.25, 0.3) is 0 Å². The van der Waals surface area contributed by atoms with Crippen molar-refractivity contribution < 1.29 is 14.3 Å². The van der Waals surface area contributed by atoms with Crippen LogP contribution < -0.4 is 10.1 Å². The molecule has 1 aromatic heterocycles. The number of pyridine rings is 1. The van der Waals surface area contributed by atoms with E-state index in [-0.39, 0.29) is 11.8 Å². The standard InChI is InChI=1S/C19H30N2O3/c1-7-8-9-24-18-10-16(17(12-22)20-14(18)4)11-19(6,13(2)3)21-15(5)23/h10,12-13H,7-9,11H2,1-6H3,(H,21,23). The first-order valence-corrected chi connectivity index (χ1v) is 8.60. The van der Waals surface area contributed by atoms with E-state index in [0.717, 1.165) is 24.7 Å². The highest BCUT2D eigenvalue weighted by Gasteiger charge is 2.31. The van der Waals surface area contributed by atoms with Crippen molar-refractivity contribution >= 4 is 12.2 Å². The summed E-state index contributed by atoms with van der Waals surface area (Å²) in [5.41, 5.74) is 1.46. The fourth-order valence-electron chi connectivity index (χ4n) is 2.55. The largest absolute Gasteiger partial charge is 0.492 e. The molecule has 1 heterocycles. The second kappa shape index (κ2) is 8.81. The molecule has 0 aromatic carbocycles. The number of amides is 1. The molecule has 24 heavy (non-hydrogen) atoms. The smallest absolute Gasteiger partial charge is 0.217 e. The number of carbonyl (C=O) groups excluding carboxylic acids is 2. The predicted octanol–water partition coefficient (Wildman–Crippen LogP) is 3.47. The summed E-state index contributed by atoms with van der Waals surface area (Å²) in [5, 5.41) is 3.02. The Hall–Kier alpha value is -1.91. The number of nitrogens with one attached hydrogen (secondary N) is 1. The van der Waals surface area contributed by atoms with Crippen LogP contribution in [0, 0.1) is 12.8 Å². The van der Waals surface area contributed by atoms with Crippen molar-refractivity contribution in [3.05, 3.63) is 23.0 Å². The van der Waals surface area contributed by atoms with Crippen molar-refractivity contribution in [1.82, 2.24) is 10.3 Å². The molecule has 0 aliphatic heterocycles. The molecule has 0 aliphatic rings. The van der Waals surface area contributed by atoms with Gasteiger partial charge in [0.15, 0.2) is 6.29 Å². The monoisotopic (exact) mass is 334 g/mol. The van der Waals surface area contributed by atoms with E-state index in [9.17, 15) is 9.59 Å². The van der Waals surface area contributed by atoms with E-state index >= 15 is 0 Å². The lowest BCUT2D eigenvalue weighted by molar-refractivity contribution is -0.121. The molecule has 134 valence electrons. The molecule has 0 spiro atoms. The minimum Gasteiger partial charge on any atom is -0.492 e. The lowest BCUT2D eigenvalue weighted by Gasteiger charge is -2.35. The van der Waals surface area contributed by atoms with Crippen molar-refractivity contribution in [1.29, 1.82) is 0 Å². The average Bonchev–Trinajstić information content (AvgIpc) is 2.49. The minimum atomic E-state index is -0.457. The first-order chi connectivity index (χ1) is 11.2. The van der Waals surface area contributed by atoms with Gasteiger partial charge >= 0.3 is 0 Å². The Balaban J connectivity index is 3.17. The van der Waals surface area contributed by atoms with Gasteiger partial charge in [0, 0.05) is 12.5 Å². The number of carbonyl (C=O) groups is 2. The van der Waals surface area contributed by atoms with E-state index in [1.165, 1.54) is 6.92 Å². The highest BCUT2D eigenvalue weighted by Crippen LogP contribution is 2.27. The molecular formula is C19H30N2O3. The second-order valence-electron chi connectivity index (χ2n) is 6.87. The molecule has 1 aromatic rings. The molecule has 0 saturated heterocycles. The van der Waals surface area contributed by atoms with Crippen molar-refractivity contribution in [2.75, 3.05) is 6.61 Å². The molecule has 0 radical (unpaired) electrons. The van der Waals surface area contributed by atoms with E-state index in [1.54, 1.807) is 0 Å². The van der Waals surface area contributed by atoms with Gasteiger partial charge in [-0.3, -0.25) is 9.59 Å². The van der Waals surface area contributed by atoms with Gasteiger partial charge in [0.1, 0.15) is 11.4 Å². The molecule has 0 aliphatic carbocycles. The number of nitrogens with zero attached hydrogens (tertiary/aromatic N) is 1. The number of aldehydes is 1. The fourth-order valence-corrected chi connectivity index (χ4v) is 2.55. The van der Waals surface area contributed by atoms with Gasteiger partial charge in [0.05, 0.1) is 12.3 Å². The van der Waals surface area contributed by atoms with Gasteiger partial charge in [-0.2, -0.15) is 0 Å². The summed E-state index contributed by atoms with van der Waals surface area (Å²) in [5.74, 6) is 0.822. The van der Waals surface area contributed by atoms with Crippen LogP contribution in [0.15, 0.2) is 6.07 Å². The van der Waals surface area contributed by atoms with Crippen LogP contribution in [0.4, 0.5) is 0 Å². The highest BCUT2D eigenvalue weighted by atomic mass is 16.5. The van der Waals surface area contributed by atoms with E-state index in [0.29, 0.717) is 30.2 Å². The van der Waals surface area contributed by atoms with Crippen LogP contribution in [0.2, 0.25) is 0 Å². The average molecular weight is 334 g/mol. The fraction of sp³-hybridized carbons (Fsp3) is 0.632. The zero-order valence-electron chi connectivity index (χ0n) is 15.7. The molecule has 1 unspecified atom stereocenters. The predicted molar refractivity (Wildman–Crippen MR) is 95.5 cm³/mol. The Morgan fingerprint density at radius 2 is 2.12 bits per heavy atom. The van der Waals surface area contributed by atoms with E-state index in [2.05, 4.69) is 31.1 Å². The number of hydrogen-bond acceptors (Lipinski definition) is 4. The number of hydrogen-bond donors (Lipinski definition) is 1. The number of aromatic nitrogens is 1. The Morgan fingerprint density at radius 3 is 2.62 bits per heavy atom. The molecule has 0 bridgehead atoms. The van der Waals surface area contributed by atoms with Crippen molar-refractivity contribution in [2.45, 2.75) is 66.3 Å². The van der Waals surface area contributed by atoms with Gasteiger partial charge in [0.25, 0.3) is 0 Å². The molecule has 1 amide bonds. The Bertz CT molecular complexity index is 584. The van der Waals surface area contributed by atoms with Gasteiger partial charge in [-0.15, -0.1) is 0 Å². The summed E-state index contributed by atoms with van der Waals surface area (Å²) in [4.78, 5) is 27.4. The van der Waals surface area contributed by atoms with Crippen LogP contribution in [0.5, 0.6) is 5.75 Å². The van der Waals surface area contributed by atoms with E-state index < -0.39 is 5.54 Å². The number of unbranched alkanes of at least 4 members (excludes halogenated alkanes) is 1. The maximum atomic E-state index is 11.6. The molecule has 5 nitrogen and oxygen atoms in total. The minimum absolute atomic E-state index is 0.0849. The molecule has 1 N–H and O–H groups in total. The Kier molecular flexibility index (Phi) is 7.39. The quantitative estimate of drug-likeness (QED) is 0.554. The first kappa shape index (κ1) is 20.1. The van der Waals surface area contributed by atoms with Crippen LogP contribution in [0.1, 0.15) is 69.2 Å². The summed E-state index contributed by atoms with van der Waals surface area (Å²) >= 11 is 0. The highest BCUT2D eigenvalue weighted by molar-refractivity contribution is 5.76. The third kappa shape index (κ3) is 5.32. The summed E-state index contributed by atoms with van der Waals surface area (Å²) in [6, 6.07) is 1.89. The summed E-state index contributed by atoms with van der Waals surface area (Å²) in [7, 11) is 0. The summed E-state index contributed by atoms with van der Waals surface area (Å²) in [6.45, 7) is 12.2. The van der Waals surface area contributed by atoms with Crippen LogP contribution in [0.3, 0.4) is 0 Å². The number of rotatable bonds is 9. The Labute approximate surface area is 145 Å². The molecule has 0 fully saturated rings. The lowest BCUT2D eigenvalue weighted by atomic mass is 9.82. The van der Waals surface area contributed by atoms with Gasteiger partial charge in [-0.05, 0) is 44.2 Å². The van der Waals surface area contributed by atoms with Crippen LogP contribution in [-0.2, 0) is 11.2 Å². The van der Waals surface area contributed by atoms with Gasteiger partial charge < -0.3 is 10.1 Å². The van der Waals surface area contributed by atoms with Gasteiger partial charge in [-0.1, -0.05) is 27.2 Å². The van der Waals surface area contributed by atoms with Crippen molar-refractivity contribution in [3.63, 3.8) is 0 Å². The van der Waals surface area contributed by atoms with Crippen molar-refractivity contribution in [3.8, 4) is 5.75 Å². The molecule has 5 heteroatoms. The second-order valence-corrected chi connectivity index (χ2v) is 6.87. The molecule has 1 atom stereocenters. The zero-order valence-corrected chi connectivity index (χ0v) is 15.7. The molecule has 0 saturated carbocycles. The molecular weight excluding hydrogens is 304 g/mol.